The zero-order valence-corrected chi connectivity index (χ0v) is 12.3. The number of aromatic nitrogens is 4. The molecule has 1 aliphatic rings. The average molecular weight is 330 g/mol. The molecule has 3 rings (SSSR count). The third-order valence-electron chi connectivity index (χ3n) is 3.49. The average Bonchev–Trinajstić information content (AvgIpc) is 3.07. The number of ether oxygens (including phenoxy) is 1. The van der Waals surface area contributed by atoms with E-state index < -0.39 is 18.4 Å². The Labute approximate surface area is 130 Å². The van der Waals surface area contributed by atoms with Gasteiger partial charge in [-0.1, -0.05) is 0 Å². The number of rotatable bonds is 5. The van der Waals surface area contributed by atoms with Crippen LogP contribution in [0.3, 0.4) is 0 Å². The number of nitrogens with one attached hydrogen (secondary N) is 1. The highest BCUT2D eigenvalue weighted by Gasteiger charge is 2.35. The van der Waals surface area contributed by atoms with Crippen LogP contribution in [0.1, 0.15) is 12.6 Å². The highest BCUT2D eigenvalue weighted by atomic mass is 35.5. The molecule has 3 atom stereocenters. The maximum absolute atomic E-state index is 9.84. The first-order chi connectivity index (χ1) is 10.6. The number of imidazole rings is 1. The van der Waals surface area contributed by atoms with Crippen LogP contribution in [0.15, 0.2) is 6.33 Å². The lowest BCUT2D eigenvalue weighted by Gasteiger charge is -2.14. The zero-order valence-electron chi connectivity index (χ0n) is 11.6. The molecule has 22 heavy (non-hydrogen) atoms. The second-order valence-corrected chi connectivity index (χ2v) is 5.27. The molecule has 1 aliphatic heterocycles. The topological polar surface area (TPSA) is 126 Å². The van der Waals surface area contributed by atoms with Gasteiger partial charge in [-0.15, -0.1) is 0 Å². The minimum Gasteiger partial charge on any atom is -0.395 e. The highest BCUT2D eigenvalue weighted by molar-refractivity contribution is 6.28. The summed E-state index contributed by atoms with van der Waals surface area (Å²) in [6, 6.07) is 0. The number of nitrogens with zero attached hydrogens (tertiary/aromatic N) is 4. The Morgan fingerprint density at radius 3 is 2.91 bits per heavy atom. The fourth-order valence-corrected chi connectivity index (χ4v) is 2.61. The first kappa shape index (κ1) is 15.4. The van der Waals surface area contributed by atoms with E-state index in [0.717, 1.165) is 0 Å². The van der Waals surface area contributed by atoms with Crippen LogP contribution in [0.5, 0.6) is 0 Å². The molecule has 0 radical (unpaired) electrons. The molecule has 4 N–H and O–H groups in total. The molecule has 9 nitrogen and oxygen atoms in total. The Hall–Kier alpha value is -1.52. The van der Waals surface area contributed by atoms with Crippen LogP contribution in [-0.4, -0.2) is 66.8 Å². The van der Waals surface area contributed by atoms with Crippen LogP contribution in [0, 0.1) is 0 Å². The maximum Gasteiger partial charge on any atom is 0.226 e. The summed E-state index contributed by atoms with van der Waals surface area (Å²) in [5.74, 6) is 0.417. The Kier molecular flexibility index (Phi) is 4.41. The lowest BCUT2D eigenvalue weighted by molar-refractivity contribution is -0.0432. The molecule has 0 spiro atoms. The Bertz CT molecular complexity index is 666. The number of halogens is 1. The predicted octanol–water partition coefficient (Wildman–Crippen LogP) is -0.475. The third-order valence-corrected chi connectivity index (χ3v) is 3.66. The van der Waals surface area contributed by atoms with Crippen molar-refractivity contribution in [2.24, 2.45) is 0 Å². The molecule has 2 aromatic heterocycles. The molecule has 10 heteroatoms. The molecular formula is C12H16ClN5O4. The van der Waals surface area contributed by atoms with Gasteiger partial charge in [-0.05, 0) is 11.6 Å². The number of aliphatic hydroxyl groups excluding tert-OH is 3. The van der Waals surface area contributed by atoms with E-state index in [2.05, 4.69) is 20.3 Å². The van der Waals surface area contributed by atoms with Crippen LogP contribution < -0.4 is 5.32 Å². The molecule has 1 fully saturated rings. The molecule has 120 valence electrons. The van der Waals surface area contributed by atoms with Crippen molar-refractivity contribution in [1.82, 2.24) is 19.5 Å². The predicted molar refractivity (Wildman–Crippen MR) is 77.5 cm³/mol. The number of anilines is 1. The van der Waals surface area contributed by atoms with Crippen molar-refractivity contribution in [2.45, 2.75) is 24.9 Å². The number of hydrogen-bond acceptors (Lipinski definition) is 8. The van der Waals surface area contributed by atoms with Crippen LogP contribution >= 0.6 is 11.6 Å². The van der Waals surface area contributed by atoms with E-state index in [1.807, 2.05) is 0 Å². The highest BCUT2D eigenvalue weighted by Crippen LogP contribution is 2.32. The minimum absolute atomic E-state index is 0.0342. The van der Waals surface area contributed by atoms with Crippen molar-refractivity contribution in [3.8, 4) is 0 Å². The fourth-order valence-electron chi connectivity index (χ4n) is 2.45. The van der Waals surface area contributed by atoms with E-state index in [9.17, 15) is 5.11 Å². The van der Waals surface area contributed by atoms with Crippen LogP contribution in [0.4, 0.5) is 5.82 Å². The summed E-state index contributed by atoms with van der Waals surface area (Å²) in [6.45, 7) is -0.0101. The summed E-state index contributed by atoms with van der Waals surface area (Å²) in [4.78, 5) is 12.4. The first-order valence-corrected chi connectivity index (χ1v) is 7.21. The summed E-state index contributed by atoms with van der Waals surface area (Å²) in [6.07, 6.45) is -0.0356. The van der Waals surface area contributed by atoms with Gasteiger partial charge in [0.1, 0.15) is 12.3 Å². The van der Waals surface area contributed by atoms with Gasteiger partial charge in [-0.3, -0.25) is 4.57 Å². The normalized spacial score (nSPS) is 25.0. The number of fused-ring (bicyclic) bond motifs is 1. The zero-order chi connectivity index (χ0) is 15.7. The maximum atomic E-state index is 9.84. The van der Waals surface area contributed by atoms with Gasteiger partial charge in [-0.25, -0.2) is 4.98 Å². The quantitative estimate of drug-likeness (QED) is 0.542. The standard InChI is InChI=1S/C12H16ClN5O4/c13-12-16-10(14-1-2-19)9-11(17-12)18(5-15-9)8-3-6(21)7(4-20)22-8/h5-8,19-21H,1-4H2,(H,14,16,17)/t6-,7+,8+/m0/s1. The van der Waals surface area contributed by atoms with Gasteiger partial charge < -0.3 is 25.4 Å². The van der Waals surface area contributed by atoms with Crippen LogP contribution in [-0.2, 0) is 4.74 Å². The van der Waals surface area contributed by atoms with E-state index in [4.69, 9.17) is 26.6 Å². The smallest absolute Gasteiger partial charge is 0.226 e. The van der Waals surface area contributed by atoms with E-state index in [1.165, 1.54) is 6.33 Å². The van der Waals surface area contributed by atoms with Crippen LogP contribution in [0.2, 0.25) is 5.28 Å². The second kappa shape index (κ2) is 6.31. The molecule has 0 bridgehead atoms. The number of hydrogen-bond donors (Lipinski definition) is 4. The number of aliphatic hydroxyl groups is 3. The van der Waals surface area contributed by atoms with Gasteiger partial charge in [0, 0.05) is 13.0 Å². The van der Waals surface area contributed by atoms with E-state index in [0.29, 0.717) is 29.9 Å². The van der Waals surface area contributed by atoms with E-state index in [-0.39, 0.29) is 18.5 Å². The summed E-state index contributed by atoms with van der Waals surface area (Å²) >= 11 is 5.93. The van der Waals surface area contributed by atoms with Crippen LogP contribution in [0.25, 0.3) is 11.2 Å². The summed E-state index contributed by atoms with van der Waals surface area (Å²) in [7, 11) is 0. The molecule has 0 aliphatic carbocycles. The summed E-state index contributed by atoms with van der Waals surface area (Å²) < 4.78 is 7.24. The van der Waals surface area contributed by atoms with E-state index in [1.54, 1.807) is 4.57 Å². The van der Waals surface area contributed by atoms with Gasteiger partial charge in [0.05, 0.1) is 25.6 Å². The Balaban J connectivity index is 1.96. The van der Waals surface area contributed by atoms with Gasteiger partial charge in [0.25, 0.3) is 0 Å². The molecule has 1 saturated heterocycles. The third kappa shape index (κ3) is 2.73. The SMILES string of the molecule is OCCNc1nc(Cl)nc2c1ncn2[C@H]1C[C@H](O)[C@@H](CO)O1. The van der Waals surface area contributed by atoms with Gasteiger partial charge in [0.2, 0.25) is 5.28 Å². The minimum atomic E-state index is -0.753. The second-order valence-electron chi connectivity index (χ2n) is 4.93. The van der Waals surface area contributed by atoms with Gasteiger partial charge in [-0.2, -0.15) is 9.97 Å². The van der Waals surface area contributed by atoms with Gasteiger partial charge in [0.15, 0.2) is 17.0 Å². The van der Waals surface area contributed by atoms with Gasteiger partial charge >= 0.3 is 0 Å². The molecule has 0 saturated carbocycles. The first-order valence-electron chi connectivity index (χ1n) is 6.83. The van der Waals surface area contributed by atoms with Crippen molar-refractivity contribution < 1.29 is 20.1 Å². The van der Waals surface area contributed by atoms with Crippen molar-refractivity contribution in [3.63, 3.8) is 0 Å². The molecule has 0 amide bonds. The van der Waals surface area contributed by atoms with E-state index >= 15 is 0 Å². The lowest BCUT2D eigenvalue weighted by atomic mass is 10.2. The van der Waals surface area contributed by atoms with Crippen molar-refractivity contribution >= 4 is 28.6 Å². The molecular weight excluding hydrogens is 314 g/mol. The van der Waals surface area contributed by atoms with Crippen molar-refractivity contribution in [1.29, 1.82) is 0 Å². The Morgan fingerprint density at radius 2 is 2.23 bits per heavy atom. The summed E-state index contributed by atoms with van der Waals surface area (Å²) in [5, 5.41) is 30.8. The van der Waals surface area contributed by atoms with Crippen molar-refractivity contribution in [2.75, 3.05) is 25.1 Å². The monoisotopic (exact) mass is 329 g/mol. The molecule has 3 heterocycles. The molecule has 0 unspecified atom stereocenters. The lowest BCUT2D eigenvalue weighted by Crippen LogP contribution is -2.24. The summed E-state index contributed by atoms with van der Waals surface area (Å²) in [5.41, 5.74) is 0.944. The Morgan fingerprint density at radius 1 is 1.41 bits per heavy atom. The largest absolute Gasteiger partial charge is 0.395 e. The molecule has 2 aromatic rings. The van der Waals surface area contributed by atoms with Crippen molar-refractivity contribution in [3.05, 3.63) is 11.6 Å². The fraction of sp³-hybridized carbons (Fsp3) is 0.583. The molecule has 0 aromatic carbocycles.